The van der Waals surface area contributed by atoms with Crippen LogP contribution < -0.4 is 9.62 Å². The maximum Gasteiger partial charge on any atom is 0.355 e. The van der Waals surface area contributed by atoms with Crippen LogP contribution in [0.25, 0.3) is 0 Å². The third kappa shape index (κ3) is 4.66. The van der Waals surface area contributed by atoms with Gasteiger partial charge < -0.3 is 19.5 Å². The van der Waals surface area contributed by atoms with E-state index in [0.717, 1.165) is 0 Å². The van der Waals surface area contributed by atoms with Gasteiger partial charge in [-0.05, 0) is 36.4 Å². The molecule has 0 unspecified atom stereocenters. The van der Waals surface area contributed by atoms with E-state index in [0.29, 0.717) is 5.69 Å². The number of anilines is 1. The van der Waals surface area contributed by atoms with E-state index >= 15 is 0 Å². The summed E-state index contributed by atoms with van der Waals surface area (Å²) in [6, 6.07) is 5.63. The summed E-state index contributed by atoms with van der Waals surface area (Å²) in [4.78, 5) is 25.8. The Morgan fingerprint density at radius 1 is 1.07 bits per heavy atom. The molecular formula is C18H20N2O7S. The third-order valence-electron chi connectivity index (χ3n) is 3.72. The topological polar surface area (TPSA) is 122 Å². The summed E-state index contributed by atoms with van der Waals surface area (Å²) >= 11 is 0. The highest BCUT2D eigenvalue weighted by Gasteiger charge is 2.27. The molecule has 9 nitrogen and oxygen atoms in total. The maximum absolute atomic E-state index is 12.4. The molecular weight excluding hydrogens is 388 g/mol. The number of aliphatic hydroxyl groups is 1. The summed E-state index contributed by atoms with van der Waals surface area (Å²) in [5, 5.41) is 8.78. The fraction of sp³-hybridized carbons (Fsp3) is 0.222. The molecule has 0 fully saturated rings. The van der Waals surface area contributed by atoms with Crippen molar-refractivity contribution in [2.24, 2.45) is 0 Å². The highest BCUT2D eigenvalue weighted by atomic mass is 32.2. The molecule has 0 aromatic heterocycles. The molecule has 150 valence electrons. The average molecular weight is 408 g/mol. The van der Waals surface area contributed by atoms with Gasteiger partial charge in [-0.3, -0.25) is 0 Å². The number of benzene rings is 1. The lowest BCUT2D eigenvalue weighted by Crippen LogP contribution is -2.28. The van der Waals surface area contributed by atoms with Crippen LogP contribution in [0.5, 0.6) is 0 Å². The predicted octanol–water partition coefficient (Wildman–Crippen LogP) is 0.447. The number of ether oxygens (including phenoxy) is 2. The molecule has 0 saturated heterocycles. The van der Waals surface area contributed by atoms with Crippen LogP contribution in [0.2, 0.25) is 0 Å². The van der Waals surface area contributed by atoms with Crippen LogP contribution in [-0.4, -0.2) is 52.8 Å². The van der Waals surface area contributed by atoms with Crippen molar-refractivity contribution in [2.75, 3.05) is 32.3 Å². The van der Waals surface area contributed by atoms with Gasteiger partial charge in [0.15, 0.2) is 0 Å². The summed E-state index contributed by atoms with van der Waals surface area (Å²) in [6.07, 6.45) is 6.12. The summed E-state index contributed by atoms with van der Waals surface area (Å²) in [5.74, 6) is -1.49. The van der Waals surface area contributed by atoms with Gasteiger partial charge in [-0.15, -0.1) is 0 Å². The number of methoxy groups -OCH3 is 2. The fourth-order valence-corrected chi connectivity index (χ4v) is 3.44. The van der Waals surface area contributed by atoms with E-state index in [9.17, 15) is 18.0 Å². The van der Waals surface area contributed by atoms with E-state index in [1.54, 1.807) is 12.2 Å². The molecule has 28 heavy (non-hydrogen) atoms. The molecule has 0 bridgehead atoms. The minimum atomic E-state index is -3.78. The Morgan fingerprint density at radius 3 is 2.29 bits per heavy atom. The van der Waals surface area contributed by atoms with Crippen molar-refractivity contribution >= 4 is 27.6 Å². The second kappa shape index (κ2) is 9.31. The van der Waals surface area contributed by atoms with Crippen LogP contribution in [0.15, 0.2) is 64.9 Å². The monoisotopic (exact) mass is 408 g/mol. The minimum Gasteiger partial charge on any atom is -0.465 e. The van der Waals surface area contributed by atoms with Crippen LogP contribution >= 0.6 is 0 Å². The van der Waals surface area contributed by atoms with Crippen LogP contribution in [0.1, 0.15) is 0 Å². The number of hydrogen-bond acceptors (Lipinski definition) is 8. The number of nitrogens with zero attached hydrogens (tertiary/aromatic N) is 1. The Bertz CT molecular complexity index is 931. The van der Waals surface area contributed by atoms with E-state index in [2.05, 4.69) is 4.72 Å². The summed E-state index contributed by atoms with van der Waals surface area (Å²) in [6.45, 7) is -0.436. The Kier molecular flexibility index (Phi) is 7.10. The Balaban J connectivity index is 2.49. The van der Waals surface area contributed by atoms with E-state index < -0.39 is 22.0 Å². The zero-order chi connectivity index (χ0) is 20.7. The highest BCUT2D eigenvalue weighted by Crippen LogP contribution is 2.27. The van der Waals surface area contributed by atoms with E-state index in [1.807, 2.05) is 0 Å². The second-order valence-corrected chi connectivity index (χ2v) is 7.20. The number of rotatable bonds is 7. The van der Waals surface area contributed by atoms with Crippen LogP contribution in [0, 0.1) is 0 Å². The summed E-state index contributed by atoms with van der Waals surface area (Å²) in [5.41, 5.74) is 0.330. The predicted molar refractivity (Wildman–Crippen MR) is 101 cm³/mol. The minimum absolute atomic E-state index is 0.0133. The van der Waals surface area contributed by atoms with Gasteiger partial charge in [-0.1, -0.05) is 6.08 Å². The molecule has 0 spiro atoms. The van der Waals surface area contributed by atoms with Crippen molar-refractivity contribution in [1.29, 1.82) is 0 Å². The molecule has 0 aliphatic carbocycles. The Labute approximate surface area is 162 Å². The van der Waals surface area contributed by atoms with E-state index in [-0.39, 0.29) is 29.3 Å². The Hall–Kier alpha value is -2.95. The van der Waals surface area contributed by atoms with Crippen molar-refractivity contribution in [2.45, 2.75) is 4.90 Å². The number of hydrogen-bond donors (Lipinski definition) is 2. The Morgan fingerprint density at radius 2 is 1.71 bits per heavy atom. The largest absolute Gasteiger partial charge is 0.465 e. The molecule has 0 amide bonds. The first-order chi connectivity index (χ1) is 13.4. The normalized spacial score (nSPS) is 14.0. The van der Waals surface area contributed by atoms with E-state index in [4.69, 9.17) is 14.6 Å². The lowest BCUT2D eigenvalue weighted by molar-refractivity contribution is -0.139. The first-order valence-electron chi connectivity index (χ1n) is 8.11. The third-order valence-corrected chi connectivity index (χ3v) is 5.20. The number of esters is 2. The average Bonchev–Trinajstić information content (AvgIpc) is 2.94. The second-order valence-electron chi connectivity index (χ2n) is 5.43. The van der Waals surface area contributed by atoms with Gasteiger partial charge in [-0.2, -0.15) is 0 Å². The number of nitrogens with one attached hydrogen (secondary N) is 1. The zero-order valence-electron chi connectivity index (χ0n) is 15.3. The highest BCUT2D eigenvalue weighted by molar-refractivity contribution is 7.89. The molecule has 1 aliphatic rings. The van der Waals surface area contributed by atoms with Gasteiger partial charge in [0, 0.05) is 18.4 Å². The van der Waals surface area contributed by atoms with Gasteiger partial charge in [0.05, 0.1) is 31.3 Å². The molecule has 1 aromatic carbocycles. The molecule has 2 rings (SSSR count). The maximum atomic E-state index is 12.4. The lowest BCUT2D eigenvalue weighted by atomic mass is 10.1. The summed E-state index contributed by atoms with van der Waals surface area (Å²) < 4.78 is 36.0. The molecule has 1 heterocycles. The molecule has 2 N–H and O–H groups in total. The van der Waals surface area contributed by atoms with E-state index in [1.165, 1.54) is 55.7 Å². The smallest absolute Gasteiger partial charge is 0.355 e. The van der Waals surface area contributed by atoms with Crippen LogP contribution in [0.3, 0.4) is 0 Å². The first-order valence-corrected chi connectivity index (χ1v) is 9.59. The fourth-order valence-electron chi connectivity index (χ4n) is 2.41. The number of carbonyl (C=O) groups is 2. The lowest BCUT2D eigenvalue weighted by Gasteiger charge is -2.23. The number of aliphatic hydroxyl groups excluding tert-OH is 1. The zero-order valence-corrected chi connectivity index (χ0v) is 16.1. The number of allylic oxidation sites excluding steroid dienone is 2. The molecule has 1 aromatic rings. The van der Waals surface area contributed by atoms with Gasteiger partial charge in [0.2, 0.25) is 10.0 Å². The molecule has 0 atom stereocenters. The molecule has 1 aliphatic heterocycles. The quantitative estimate of drug-likeness (QED) is 0.624. The standard InChI is InChI=1S/C18H20N2O7S/c1-26-17(22)15-5-3-4-11-20(16(15)18(23)27-2)13-6-8-14(9-7-13)28(24,25)19-10-12-21/h3-9,11,19,21H,10,12H2,1-2H3. The van der Waals surface area contributed by atoms with Crippen LogP contribution in [0.4, 0.5) is 5.69 Å². The number of sulfonamides is 1. The van der Waals surface area contributed by atoms with Crippen molar-refractivity contribution in [3.8, 4) is 0 Å². The molecule has 0 radical (unpaired) electrons. The van der Waals surface area contributed by atoms with Gasteiger partial charge in [-0.25, -0.2) is 22.7 Å². The summed E-state index contributed by atoms with van der Waals surface area (Å²) in [7, 11) is -1.40. The van der Waals surface area contributed by atoms with Gasteiger partial charge in [0.1, 0.15) is 5.70 Å². The van der Waals surface area contributed by atoms with Gasteiger partial charge >= 0.3 is 11.9 Å². The first kappa shape index (κ1) is 21.4. The van der Waals surface area contributed by atoms with Crippen molar-refractivity contribution in [3.05, 3.63) is 60.0 Å². The van der Waals surface area contributed by atoms with Crippen molar-refractivity contribution in [1.82, 2.24) is 4.72 Å². The SMILES string of the molecule is COC(=O)C1=C(C(=O)OC)N(c2ccc(S(=O)(=O)NCCO)cc2)C=CC=C1. The van der Waals surface area contributed by atoms with Crippen LogP contribution in [-0.2, 0) is 29.1 Å². The van der Waals surface area contributed by atoms with Crippen molar-refractivity contribution in [3.63, 3.8) is 0 Å². The van der Waals surface area contributed by atoms with Crippen molar-refractivity contribution < 1.29 is 32.6 Å². The molecule has 10 heteroatoms. The van der Waals surface area contributed by atoms with Gasteiger partial charge in [0.25, 0.3) is 0 Å². The number of carbonyl (C=O) groups excluding carboxylic acids is 2. The molecule has 0 saturated carbocycles.